The minimum Gasteiger partial charge on any atom is -0.675 e. The van der Waals surface area contributed by atoms with E-state index in [0.29, 0.717) is 12.2 Å². The van der Waals surface area contributed by atoms with Crippen LogP contribution in [0.25, 0.3) is 20.7 Å². The molecule has 1 N–H and O–H groups in total. The maximum atomic E-state index is 10.5. The average Bonchev–Trinajstić information content (AvgIpc) is 2.94. The van der Waals surface area contributed by atoms with Crippen molar-refractivity contribution in [2.75, 3.05) is 20.1 Å². The second-order valence-corrected chi connectivity index (χ2v) is 4.98. The number of thiophene rings is 1. The number of aldehydes is 1. The number of carboxylic acid groups (broad SMARTS) is 1. The number of carbonyl (C=O) groups excluding carboxylic acids is 1. The van der Waals surface area contributed by atoms with E-state index in [-0.39, 0.29) is 57.9 Å². The molecule has 7 nitrogen and oxygen atoms in total. The van der Waals surface area contributed by atoms with Gasteiger partial charge in [0.15, 0.2) is 0 Å². The largest absolute Gasteiger partial charge is 0.675 e. The molecule has 2 aromatic rings. The zero-order valence-corrected chi connectivity index (χ0v) is 20.1. The van der Waals surface area contributed by atoms with Gasteiger partial charge in [0.2, 0.25) is 0 Å². The van der Waals surface area contributed by atoms with E-state index in [1.807, 2.05) is 23.6 Å². The summed E-state index contributed by atoms with van der Waals surface area (Å²) in [5.41, 5.74) is 1.60. The molecule has 0 amide bonds. The van der Waals surface area contributed by atoms with Crippen LogP contribution in [0, 0.1) is 4.91 Å². The fourth-order valence-corrected chi connectivity index (χ4v) is 2.63. The van der Waals surface area contributed by atoms with Crippen LogP contribution in [0.5, 0.6) is 0 Å². The molecule has 0 atom stereocenters. The summed E-state index contributed by atoms with van der Waals surface area (Å²) in [6.07, 6.45) is 0.754. The fourth-order valence-electron chi connectivity index (χ4n) is 1.74. The molecule has 0 unspecified atom stereocenters. The Labute approximate surface area is 174 Å². The first-order valence-electron chi connectivity index (χ1n) is 6.30. The first-order valence-corrected chi connectivity index (χ1v) is 7.18. The molecule has 1 aromatic heterocycles. The topological polar surface area (TPSA) is 112 Å². The van der Waals surface area contributed by atoms with Gasteiger partial charge in [0.1, 0.15) is 0 Å². The molecule has 0 aliphatic rings. The van der Waals surface area contributed by atoms with E-state index in [9.17, 15) is 9.59 Å². The molecule has 1 heterocycles. The van der Waals surface area contributed by atoms with Crippen LogP contribution in [0.4, 0.5) is 5.69 Å². The first-order chi connectivity index (χ1) is 10.6. The summed E-state index contributed by atoms with van der Waals surface area (Å²) in [7, 11) is 1.19. The van der Waals surface area contributed by atoms with E-state index in [1.54, 1.807) is 11.3 Å². The molecule has 24 heavy (non-hydrogen) atoms. The second kappa shape index (κ2) is 14.5. The fraction of sp³-hybridized carbons (Fsp3) is 0.286. The van der Waals surface area contributed by atoms with E-state index < -0.39 is 5.97 Å². The van der Waals surface area contributed by atoms with E-state index >= 15 is 0 Å². The van der Waals surface area contributed by atoms with Gasteiger partial charge in [-0.15, -0.1) is 23.6 Å². The number of hydrogen-bond acceptors (Lipinski definition) is 5. The van der Waals surface area contributed by atoms with E-state index in [4.69, 9.17) is 10.0 Å². The normalized spacial score (nSPS) is 8.88. The van der Waals surface area contributed by atoms with Gasteiger partial charge in [0, 0.05) is 49.5 Å². The quantitative estimate of drug-likeness (QED) is 0.274. The van der Waals surface area contributed by atoms with Crippen molar-refractivity contribution in [1.82, 2.24) is 0 Å². The maximum Gasteiger partial charge on any atom is 0.285 e. The Balaban J connectivity index is 0. The molecule has 2 radical (unpaired) electrons. The van der Waals surface area contributed by atoms with Crippen molar-refractivity contribution < 1.29 is 59.5 Å². The Morgan fingerprint density at radius 1 is 1.38 bits per heavy atom. The van der Waals surface area contributed by atoms with Gasteiger partial charge in [-0.1, -0.05) is 29.4 Å². The number of benzene rings is 1. The van der Waals surface area contributed by atoms with Gasteiger partial charge >= 0.3 is 0 Å². The molecule has 0 spiro atoms. The molecule has 0 bridgehead atoms. The predicted octanol–water partition coefficient (Wildman–Crippen LogP) is 3.44. The van der Waals surface area contributed by atoms with Crippen LogP contribution in [0.2, 0.25) is 0 Å². The Morgan fingerprint density at radius 3 is 2.62 bits per heavy atom. The van der Waals surface area contributed by atoms with Gasteiger partial charge in [-0.05, 0) is 23.4 Å². The Hall–Kier alpha value is -0.839. The number of nitroso groups, excluding NO2 is 1. The molecule has 10 heteroatoms. The van der Waals surface area contributed by atoms with Crippen LogP contribution in [0.15, 0.2) is 28.8 Å². The summed E-state index contributed by atoms with van der Waals surface area (Å²) in [6, 6.07) is 5.65. The van der Waals surface area contributed by atoms with Crippen molar-refractivity contribution in [3.05, 3.63) is 44.7 Å². The van der Waals surface area contributed by atoms with E-state index in [1.165, 1.54) is 7.05 Å². The molecule has 0 fully saturated rings. The molecule has 0 saturated carbocycles. The number of hydrogen-bond donors (Lipinski definition) is 1. The maximum absolute atomic E-state index is 10.5. The van der Waals surface area contributed by atoms with E-state index in [2.05, 4.69) is 15.8 Å². The third kappa shape index (κ3) is 8.86. The van der Waals surface area contributed by atoms with Gasteiger partial charge < -0.3 is 20.5 Å². The zero-order valence-electron chi connectivity index (χ0n) is 12.8. The molecule has 1 aromatic carbocycles. The summed E-state index contributed by atoms with van der Waals surface area (Å²) in [6.45, 7) is 0.357. The summed E-state index contributed by atoms with van der Waals surface area (Å²) in [5.74, 6) is -0.961. The van der Waals surface area contributed by atoms with Gasteiger partial charge in [-0.25, -0.2) is 0 Å². The number of carboxylic acids is 1. The average molecular weight is 683 g/mol. The van der Waals surface area contributed by atoms with Gasteiger partial charge in [-0.2, -0.15) is 4.91 Å². The van der Waals surface area contributed by atoms with Crippen molar-refractivity contribution in [3.8, 4) is 0 Å². The molecule has 0 saturated heterocycles. The van der Waals surface area contributed by atoms with Crippen LogP contribution >= 0.6 is 11.3 Å². The van der Waals surface area contributed by atoms with Crippen molar-refractivity contribution in [2.45, 2.75) is 6.54 Å². The Kier molecular flexibility index (Phi) is 15.3. The Morgan fingerprint density at radius 2 is 2.04 bits per heavy atom. The van der Waals surface area contributed by atoms with E-state index in [0.717, 1.165) is 21.9 Å². The molecular formula is C14H15N3O4STa2-2. The standard InChI is InChI=1S/C13H12N2O3S.CH3NO.2Ta/c16-3-2-14-7-10-6-11(15-8-12(17)18)5-9-1-4-19-13(9)10;1-2-3;;/h1,3-6H,2,7-8H2,(H,17,18);1H3;;/q-2;;;. The number of carbonyl (C=O) groups is 2. The summed E-state index contributed by atoms with van der Waals surface area (Å²) in [5, 5.41) is 22.0. The number of aliphatic carboxylic acids is 1. The van der Waals surface area contributed by atoms with Gasteiger partial charge in [0.05, 0.1) is 13.3 Å². The number of rotatable bonds is 7. The predicted molar refractivity (Wildman–Crippen MR) is 87.1 cm³/mol. The monoisotopic (exact) mass is 683 g/mol. The molecule has 128 valence electrons. The van der Waals surface area contributed by atoms with Gasteiger partial charge in [0.25, 0.3) is 5.97 Å². The minimum atomic E-state index is -0.961. The van der Waals surface area contributed by atoms with Crippen molar-refractivity contribution in [1.29, 1.82) is 0 Å². The summed E-state index contributed by atoms with van der Waals surface area (Å²) < 4.78 is 1.10. The van der Waals surface area contributed by atoms with Crippen molar-refractivity contribution >= 4 is 39.4 Å². The molecule has 0 aliphatic heterocycles. The summed E-state index contributed by atoms with van der Waals surface area (Å²) in [4.78, 5) is 29.4. The molecular weight excluding hydrogens is 668 g/mol. The zero-order chi connectivity index (χ0) is 16.4. The van der Waals surface area contributed by atoms with Crippen LogP contribution < -0.4 is 0 Å². The first kappa shape index (κ1) is 25.4. The summed E-state index contributed by atoms with van der Waals surface area (Å²) >= 11 is 1.60. The minimum absolute atomic E-state index is 0. The molecule has 0 aliphatic carbocycles. The molecule has 2 rings (SSSR count). The SMILES string of the molecule is CN=O.O=CC[N-]Cc1cc([N-]CC(=O)O)cc2ccsc12.[Ta].[Ta]. The van der Waals surface area contributed by atoms with Crippen molar-refractivity contribution in [3.63, 3.8) is 0 Å². The third-order valence-corrected chi connectivity index (χ3v) is 3.50. The number of nitrogens with zero attached hydrogens (tertiary/aromatic N) is 3. The third-order valence-electron chi connectivity index (χ3n) is 2.50. The Bertz CT molecular complexity index is 652. The van der Waals surface area contributed by atoms with Crippen molar-refractivity contribution in [2.24, 2.45) is 5.18 Å². The van der Waals surface area contributed by atoms with Gasteiger partial charge in [-0.3, -0.25) is 4.79 Å². The van der Waals surface area contributed by atoms with Crippen LogP contribution in [-0.4, -0.2) is 37.5 Å². The second-order valence-electron chi connectivity index (χ2n) is 4.07. The van der Waals surface area contributed by atoms with Crippen LogP contribution in [-0.2, 0) is 60.9 Å². The van der Waals surface area contributed by atoms with Crippen LogP contribution in [0.1, 0.15) is 5.56 Å². The van der Waals surface area contributed by atoms with Crippen LogP contribution in [0.3, 0.4) is 0 Å². The number of fused-ring (bicyclic) bond motifs is 1. The smallest absolute Gasteiger partial charge is 0.285 e.